The van der Waals surface area contributed by atoms with E-state index in [4.69, 9.17) is 0 Å². The largest absolute Gasteiger partial charge is 0.481 e. The van der Waals surface area contributed by atoms with Gasteiger partial charge in [-0.1, -0.05) is 0 Å². The van der Waals surface area contributed by atoms with E-state index in [0.717, 1.165) is 5.56 Å². The van der Waals surface area contributed by atoms with Crippen LogP contribution < -0.4 is 0 Å². The van der Waals surface area contributed by atoms with Crippen LogP contribution in [-0.2, 0) is 9.59 Å². The van der Waals surface area contributed by atoms with Crippen LogP contribution in [0.5, 0.6) is 0 Å². The average Bonchev–Trinajstić information content (AvgIpc) is 2.77. The first-order valence-electron chi connectivity index (χ1n) is 6.89. The maximum Gasteiger partial charge on any atom is 0.308 e. The number of carbonyl (C=O) groups is 2. The van der Waals surface area contributed by atoms with Gasteiger partial charge in [0.25, 0.3) is 0 Å². The second-order valence-corrected chi connectivity index (χ2v) is 7.05. The number of hydrogen-bond acceptors (Lipinski definition) is 3. The van der Waals surface area contributed by atoms with Gasteiger partial charge in [0.05, 0.1) is 12.0 Å². The van der Waals surface area contributed by atoms with E-state index >= 15 is 0 Å². The Labute approximate surface area is 123 Å². The van der Waals surface area contributed by atoms with Gasteiger partial charge >= 0.3 is 5.97 Å². The predicted molar refractivity (Wildman–Crippen MR) is 78.6 cm³/mol. The zero-order valence-electron chi connectivity index (χ0n) is 12.1. The molecule has 2 rings (SSSR count). The topological polar surface area (TPSA) is 57.6 Å². The zero-order chi connectivity index (χ0) is 14.9. The Morgan fingerprint density at radius 3 is 2.65 bits per heavy atom. The van der Waals surface area contributed by atoms with Crippen molar-refractivity contribution in [2.24, 2.45) is 5.92 Å². The highest BCUT2D eigenvalue weighted by molar-refractivity contribution is 7.08. The summed E-state index contributed by atoms with van der Waals surface area (Å²) in [5.41, 5.74) is 0.550. The van der Waals surface area contributed by atoms with Crippen LogP contribution in [0.2, 0.25) is 0 Å². The van der Waals surface area contributed by atoms with Gasteiger partial charge in [-0.2, -0.15) is 11.3 Å². The van der Waals surface area contributed by atoms with E-state index in [0.29, 0.717) is 19.3 Å². The molecule has 20 heavy (non-hydrogen) atoms. The van der Waals surface area contributed by atoms with Gasteiger partial charge in [-0.05, 0) is 56.0 Å². The lowest BCUT2D eigenvalue weighted by molar-refractivity contribution is -0.149. The van der Waals surface area contributed by atoms with E-state index in [1.54, 1.807) is 4.90 Å². The van der Waals surface area contributed by atoms with Crippen molar-refractivity contribution in [2.45, 2.75) is 51.6 Å². The van der Waals surface area contributed by atoms with Crippen molar-refractivity contribution < 1.29 is 14.7 Å². The van der Waals surface area contributed by atoms with Crippen LogP contribution in [0.25, 0.3) is 0 Å². The number of hydrogen-bond donors (Lipinski definition) is 1. The van der Waals surface area contributed by atoms with Crippen LogP contribution in [0.15, 0.2) is 16.8 Å². The van der Waals surface area contributed by atoms with Crippen LogP contribution in [0.1, 0.15) is 51.6 Å². The molecular weight excluding hydrogens is 274 g/mol. The molecule has 0 bridgehead atoms. The van der Waals surface area contributed by atoms with E-state index in [2.05, 4.69) is 0 Å². The zero-order valence-corrected chi connectivity index (χ0v) is 12.9. The highest BCUT2D eigenvalue weighted by Gasteiger charge is 2.43. The Balaban J connectivity index is 2.52. The van der Waals surface area contributed by atoms with Crippen LogP contribution in [-0.4, -0.2) is 27.4 Å². The molecule has 2 unspecified atom stereocenters. The molecule has 2 atom stereocenters. The molecular formula is C15H21NO3S. The van der Waals surface area contributed by atoms with Crippen LogP contribution in [0, 0.1) is 5.92 Å². The summed E-state index contributed by atoms with van der Waals surface area (Å²) in [6, 6.07) is 1.57. The predicted octanol–water partition coefficient (Wildman–Crippen LogP) is 3.30. The fraction of sp³-hybridized carbons (Fsp3) is 0.600. The maximum atomic E-state index is 12.5. The molecule has 1 N–H and O–H groups in total. The van der Waals surface area contributed by atoms with Crippen LogP contribution >= 0.6 is 11.3 Å². The SMILES string of the molecule is CC(C)(C)N1C(=O)CCCC(C(=O)O)C1c1ccsc1. The van der Waals surface area contributed by atoms with Crippen molar-refractivity contribution in [3.05, 3.63) is 22.4 Å². The first-order valence-corrected chi connectivity index (χ1v) is 7.83. The molecule has 5 heteroatoms. The molecule has 110 valence electrons. The summed E-state index contributed by atoms with van der Waals surface area (Å²) in [5.74, 6) is -1.29. The highest BCUT2D eigenvalue weighted by atomic mass is 32.1. The summed E-state index contributed by atoms with van der Waals surface area (Å²) >= 11 is 1.54. The smallest absolute Gasteiger partial charge is 0.308 e. The van der Waals surface area contributed by atoms with Crippen molar-refractivity contribution in [1.82, 2.24) is 4.90 Å². The summed E-state index contributed by atoms with van der Waals surface area (Å²) in [5, 5.41) is 13.5. The molecule has 1 aliphatic heterocycles. The molecule has 0 saturated carbocycles. The van der Waals surface area contributed by atoms with Gasteiger partial charge in [0.1, 0.15) is 0 Å². The van der Waals surface area contributed by atoms with Crippen molar-refractivity contribution in [3.63, 3.8) is 0 Å². The van der Waals surface area contributed by atoms with Gasteiger partial charge in [0.2, 0.25) is 5.91 Å². The minimum Gasteiger partial charge on any atom is -0.481 e. The highest BCUT2D eigenvalue weighted by Crippen LogP contribution is 2.40. The number of likely N-dealkylation sites (tertiary alicyclic amines) is 1. The third kappa shape index (κ3) is 2.87. The Morgan fingerprint density at radius 2 is 2.15 bits per heavy atom. The van der Waals surface area contributed by atoms with E-state index in [1.165, 1.54) is 11.3 Å². The second-order valence-electron chi connectivity index (χ2n) is 6.27. The molecule has 0 radical (unpaired) electrons. The molecule has 4 nitrogen and oxygen atoms in total. The third-order valence-electron chi connectivity index (χ3n) is 3.76. The number of amides is 1. The van der Waals surface area contributed by atoms with E-state index in [-0.39, 0.29) is 17.5 Å². The van der Waals surface area contributed by atoms with Crippen LogP contribution in [0.3, 0.4) is 0 Å². The molecule has 1 fully saturated rings. The first kappa shape index (κ1) is 15.0. The Bertz CT molecular complexity index is 490. The van der Waals surface area contributed by atoms with E-state index in [9.17, 15) is 14.7 Å². The molecule has 2 heterocycles. The summed E-state index contributed by atoms with van der Waals surface area (Å²) in [7, 11) is 0. The number of rotatable bonds is 2. The normalized spacial score (nSPS) is 24.6. The van der Waals surface area contributed by atoms with Gasteiger partial charge in [-0.25, -0.2) is 0 Å². The number of thiophene rings is 1. The minimum atomic E-state index is -0.815. The lowest BCUT2D eigenvalue weighted by Gasteiger charge is -2.42. The minimum absolute atomic E-state index is 0.0532. The average molecular weight is 295 g/mol. The van der Waals surface area contributed by atoms with E-state index in [1.807, 2.05) is 37.6 Å². The van der Waals surface area contributed by atoms with E-state index < -0.39 is 11.9 Å². The molecule has 1 aromatic heterocycles. The third-order valence-corrected chi connectivity index (χ3v) is 4.46. The Kier molecular flexibility index (Phi) is 4.18. The van der Waals surface area contributed by atoms with Crippen molar-refractivity contribution >= 4 is 23.2 Å². The Hall–Kier alpha value is -1.36. The molecule has 1 saturated heterocycles. The number of aliphatic carboxylic acids is 1. The van der Waals surface area contributed by atoms with Gasteiger partial charge < -0.3 is 10.0 Å². The standard InChI is InChI=1S/C15H21NO3S/c1-15(2,3)16-12(17)6-4-5-11(14(18)19)13(16)10-7-8-20-9-10/h7-9,11,13H,4-6H2,1-3H3,(H,18,19). The summed E-state index contributed by atoms with van der Waals surface area (Å²) in [6.45, 7) is 5.90. The summed E-state index contributed by atoms with van der Waals surface area (Å²) in [4.78, 5) is 25.9. The van der Waals surface area contributed by atoms with Gasteiger partial charge in [0.15, 0.2) is 0 Å². The summed E-state index contributed by atoms with van der Waals surface area (Å²) in [6.07, 6.45) is 1.62. The quantitative estimate of drug-likeness (QED) is 0.910. The first-order chi connectivity index (χ1) is 9.32. The molecule has 1 amide bonds. The monoisotopic (exact) mass is 295 g/mol. The van der Waals surface area contributed by atoms with Crippen molar-refractivity contribution in [1.29, 1.82) is 0 Å². The molecule has 0 spiro atoms. The number of carboxylic acid groups (broad SMARTS) is 1. The van der Waals surface area contributed by atoms with Crippen molar-refractivity contribution in [3.8, 4) is 0 Å². The number of carboxylic acids is 1. The van der Waals surface area contributed by atoms with Crippen LogP contribution in [0.4, 0.5) is 0 Å². The fourth-order valence-electron chi connectivity index (χ4n) is 2.96. The molecule has 1 aliphatic rings. The Morgan fingerprint density at radius 1 is 1.45 bits per heavy atom. The number of nitrogens with zero attached hydrogens (tertiary/aromatic N) is 1. The lowest BCUT2D eigenvalue weighted by Crippen LogP contribution is -2.49. The summed E-state index contributed by atoms with van der Waals surface area (Å²) < 4.78 is 0. The fourth-order valence-corrected chi connectivity index (χ4v) is 3.65. The lowest BCUT2D eigenvalue weighted by atomic mass is 9.88. The molecule has 0 aliphatic carbocycles. The van der Waals surface area contributed by atoms with Crippen molar-refractivity contribution in [2.75, 3.05) is 0 Å². The van der Waals surface area contributed by atoms with Gasteiger partial charge in [-0.3, -0.25) is 9.59 Å². The number of carbonyl (C=O) groups excluding carboxylic acids is 1. The molecule has 1 aromatic rings. The molecule has 0 aromatic carbocycles. The second kappa shape index (κ2) is 5.56. The van der Waals surface area contributed by atoms with Gasteiger partial charge in [0, 0.05) is 12.0 Å². The maximum absolute atomic E-state index is 12.5. The van der Waals surface area contributed by atoms with Gasteiger partial charge in [-0.15, -0.1) is 0 Å².